The van der Waals surface area contributed by atoms with E-state index >= 15 is 0 Å². The predicted octanol–water partition coefficient (Wildman–Crippen LogP) is 3.26. The minimum atomic E-state index is -0.215. The first-order valence-electron chi connectivity index (χ1n) is 4.33. The first-order chi connectivity index (χ1) is 6.15. The summed E-state index contributed by atoms with van der Waals surface area (Å²) in [5.74, 6) is -0.215. The summed E-state index contributed by atoms with van der Waals surface area (Å²) in [6, 6.07) is 5.35. The van der Waals surface area contributed by atoms with E-state index < -0.39 is 0 Å². The molecule has 13 heavy (non-hydrogen) atoms. The number of rotatable bonds is 3. The SMILES string of the molecule is CCNC(C)c1ccc(F)c(Br)c1. The van der Waals surface area contributed by atoms with Crippen LogP contribution in [0.5, 0.6) is 0 Å². The number of hydrogen-bond donors (Lipinski definition) is 1. The molecule has 1 aromatic carbocycles. The lowest BCUT2D eigenvalue weighted by Gasteiger charge is -2.12. The fourth-order valence-corrected chi connectivity index (χ4v) is 1.60. The third kappa shape index (κ3) is 2.78. The summed E-state index contributed by atoms with van der Waals surface area (Å²) in [6.07, 6.45) is 0. The van der Waals surface area contributed by atoms with E-state index in [9.17, 15) is 4.39 Å². The summed E-state index contributed by atoms with van der Waals surface area (Å²) in [5.41, 5.74) is 1.09. The molecule has 0 fully saturated rings. The molecule has 0 aromatic heterocycles. The molecule has 72 valence electrons. The normalized spacial score (nSPS) is 12.9. The zero-order chi connectivity index (χ0) is 9.84. The summed E-state index contributed by atoms with van der Waals surface area (Å²) in [6.45, 7) is 5.02. The highest BCUT2D eigenvalue weighted by Gasteiger charge is 2.05. The molecule has 0 heterocycles. The van der Waals surface area contributed by atoms with Gasteiger partial charge in [-0.05, 0) is 47.1 Å². The summed E-state index contributed by atoms with van der Waals surface area (Å²) >= 11 is 3.16. The Hall–Kier alpha value is -0.410. The molecule has 0 aliphatic heterocycles. The van der Waals surface area contributed by atoms with Crippen molar-refractivity contribution in [1.29, 1.82) is 0 Å². The number of hydrogen-bond acceptors (Lipinski definition) is 1. The van der Waals surface area contributed by atoms with Gasteiger partial charge in [0.15, 0.2) is 0 Å². The summed E-state index contributed by atoms with van der Waals surface area (Å²) in [4.78, 5) is 0. The van der Waals surface area contributed by atoms with Crippen LogP contribution in [0.2, 0.25) is 0 Å². The maximum atomic E-state index is 12.9. The number of benzene rings is 1. The summed E-state index contributed by atoms with van der Waals surface area (Å²) in [7, 11) is 0. The first kappa shape index (κ1) is 10.7. The van der Waals surface area contributed by atoms with Gasteiger partial charge in [-0.2, -0.15) is 0 Å². The fraction of sp³-hybridized carbons (Fsp3) is 0.400. The van der Waals surface area contributed by atoms with Gasteiger partial charge >= 0.3 is 0 Å². The molecule has 0 saturated carbocycles. The highest BCUT2D eigenvalue weighted by atomic mass is 79.9. The molecule has 0 bridgehead atoms. The third-order valence-corrected chi connectivity index (χ3v) is 2.56. The minimum absolute atomic E-state index is 0.215. The van der Waals surface area contributed by atoms with Crippen molar-refractivity contribution < 1.29 is 4.39 Å². The van der Waals surface area contributed by atoms with Crippen LogP contribution in [0.15, 0.2) is 22.7 Å². The monoisotopic (exact) mass is 245 g/mol. The molecule has 0 radical (unpaired) electrons. The Morgan fingerprint density at radius 3 is 2.77 bits per heavy atom. The van der Waals surface area contributed by atoms with Gasteiger partial charge in [0.05, 0.1) is 4.47 Å². The third-order valence-electron chi connectivity index (χ3n) is 1.95. The molecule has 1 unspecified atom stereocenters. The van der Waals surface area contributed by atoms with Crippen LogP contribution in [-0.4, -0.2) is 6.54 Å². The fourth-order valence-electron chi connectivity index (χ4n) is 1.21. The van der Waals surface area contributed by atoms with Gasteiger partial charge in [0.1, 0.15) is 5.82 Å². The molecule has 1 aromatic rings. The van der Waals surface area contributed by atoms with E-state index in [0.29, 0.717) is 4.47 Å². The second-order valence-electron chi connectivity index (χ2n) is 2.95. The lowest BCUT2D eigenvalue weighted by molar-refractivity contribution is 0.589. The highest BCUT2D eigenvalue weighted by Crippen LogP contribution is 2.20. The Kier molecular flexibility index (Phi) is 3.88. The van der Waals surface area contributed by atoms with Crippen LogP contribution < -0.4 is 5.32 Å². The maximum absolute atomic E-state index is 12.9. The van der Waals surface area contributed by atoms with Gasteiger partial charge < -0.3 is 5.32 Å². The average Bonchev–Trinajstić information content (AvgIpc) is 2.10. The molecule has 0 amide bonds. The van der Waals surface area contributed by atoms with Crippen LogP contribution in [0.4, 0.5) is 4.39 Å². The van der Waals surface area contributed by atoms with E-state index in [1.807, 2.05) is 6.07 Å². The largest absolute Gasteiger partial charge is 0.310 e. The van der Waals surface area contributed by atoms with E-state index in [1.165, 1.54) is 6.07 Å². The van der Waals surface area contributed by atoms with Gasteiger partial charge in [-0.3, -0.25) is 0 Å². The van der Waals surface area contributed by atoms with E-state index in [1.54, 1.807) is 6.07 Å². The van der Waals surface area contributed by atoms with Crippen LogP contribution in [-0.2, 0) is 0 Å². The molecular formula is C10H13BrFN. The van der Waals surface area contributed by atoms with Crippen molar-refractivity contribution in [3.8, 4) is 0 Å². The molecule has 0 saturated heterocycles. The van der Waals surface area contributed by atoms with Gasteiger partial charge in [0.25, 0.3) is 0 Å². The van der Waals surface area contributed by atoms with Gasteiger partial charge in [0.2, 0.25) is 0 Å². The highest BCUT2D eigenvalue weighted by molar-refractivity contribution is 9.10. The Morgan fingerprint density at radius 1 is 1.54 bits per heavy atom. The van der Waals surface area contributed by atoms with Crippen LogP contribution in [0.3, 0.4) is 0 Å². The van der Waals surface area contributed by atoms with Crippen molar-refractivity contribution in [2.24, 2.45) is 0 Å². The molecule has 0 aliphatic carbocycles. The number of nitrogens with one attached hydrogen (secondary N) is 1. The quantitative estimate of drug-likeness (QED) is 0.863. The first-order valence-corrected chi connectivity index (χ1v) is 5.12. The number of halogens is 2. The molecule has 1 rings (SSSR count). The van der Waals surface area contributed by atoms with Crippen LogP contribution in [0, 0.1) is 5.82 Å². The van der Waals surface area contributed by atoms with E-state index in [-0.39, 0.29) is 11.9 Å². The van der Waals surface area contributed by atoms with Gasteiger partial charge in [-0.15, -0.1) is 0 Å². The van der Waals surface area contributed by atoms with Crippen molar-refractivity contribution in [1.82, 2.24) is 5.32 Å². The Balaban J connectivity index is 2.84. The standard InChI is InChI=1S/C10H13BrFN/c1-3-13-7(2)8-4-5-10(12)9(11)6-8/h4-7,13H,3H2,1-2H3. The van der Waals surface area contributed by atoms with Crippen molar-refractivity contribution in [2.75, 3.05) is 6.54 Å². The lowest BCUT2D eigenvalue weighted by Crippen LogP contribution is -2.17. The second-order valence-corrected chi connectivity index (χ2v) is 3.81. The van der Waals surface area contributed by atoms with Crippen molar-refractivity contribution in [3.63, 3.8) is 0 Å². The van der Waals surface area contributed by atoms with E-state index in [2.05, 4.69) is 35.1 Å². The van der Waals surface area contributed by atoms with Gasteiger partial charge in [0, 0.05) is 6.04 Å². The van der Waals surface area contributed by atoms with Crippen molar-refractivity contribution >= 4 is 15.9 Å². The second kappa shape index (κ2) is 4.72. The van der Waals surface area contributed by atoms with Crippen molar-refractivity contribution in [2.45, 2.75) is 19.9 Å². The lowest BCUT2D eigenvalue weighted by atomic mass is 10.1. The van der Waals surface area contributed by atoms with Crippen LogP contribution in [0.25, 0.3) is 0 Å². The molecular weight excluding hydrogens is 233 g/mol. The molecule has 0 spiro atoms. The summed E-state index contributed by atoms with van der Waals surface area (Å²) < 4.78 is 13.4. The topological polar surface area (TPSA) is 12.0 Å². The summed E-state index contributed by atoms with van der Waals surface area (Å²) in [5, 5.41) is 3.27. The predicted molar refractivity (Wildman–Crippen MR) is 56.2 cm³/mol. The molecule has 0 aliphatic rings. The van der Waals surface area contributed by atoms with Gasteiger partial charge in [-0.1, -0.05) is 13.0 Å². The average molecular weight is 246 g/mol. The minimum Gasteiger partial charge on any atom is -0.310 e. The van der Waals surface area contributed by atoms with E-state index in [0.717, 1.165) is 12.1 Å². The maximum Gasteiger partial charge on any atom is 0.137 e. The molecule has 3 heteroatoms. The Labute approximate surface area is 86.5 Å². The Bertz CT molecular complexity index is 288. The Morgan fingerprint density at radius 2 is 2.23 bits per heavy atom. The van der Waals surface area contributed by atoms with Gasteiger partial charge in [-0.25, -0.2) is 4.39 Å². The van der Waals surface area contributed by atoms with Crippen LogP contribution in [0.1, 0.15) is 25.5 Å². The van der Waals surface area contributed by atoms with Crippen molar-refractivity contribution in [3.05, 3.63) is 34.1 Å². The zero-order valence-electron chi connectivity index (χ0n) is 7.77. The molecule has 1 atom stereocenters. The zero-order valence-corrected chi connectivity index (χ0v) is 9.36. The van der Waals surface area contributed by atoms with E-state index in [4.69, 9.17) is 0 Å². The smallest absolute Gasteiger partial charge is 0.137 e. The van der Waals surface area contributed by atoms with Crippen LogP contribution >= 0.6 is 15.9 Å². The molecule has 1 N–H and O–H groups in total. The molecule has 1 nitrogen and oxygen atoms in total.